The summed E-state index contributed by atoms with van der Waals surface area (Å²) in [4.78, 5) is 15.2. The molecule has 0 aliphatic carbocycles. The molecule has 2 unspecified atom stereocenters. The van der Waals surface area contributed by atoms with Crippen LogP contribution in [0.3, 0.4) is 0 Å². The minimum absolute atomic E-state index is 0.0700. The zero-order valence-corrected chi connectivity index (χ0v) is 16.7. The van der Waals surface area contributed by atoms with Crippen molar-refractivity contribution in [1.82, 2.24) is 0 Å². The molecule has 2 aliphatic rings. The van der Waals surface area contributed by atoms with E-state index in [4.69, 9.17) is 4.74 Å². The summed E-state index contributed by atoms with van der Waals surface area (Å²) >= 11 is 0. The minimum Gasteiger partial charge on any atom is -0.485 e. The largest absolute Gasteiger partial charge is 0.485 e. The third-order valence-corrected chi connectivity index (χ3v) is 6.49. The number of aryl methyl sites for hydroxylation is 2. The number of ether oxygens (including phenoxy) is 1. The number of anilines is 1. The SMILES string of the molecule is Cc1cc2c(cc1C)-c1ccc3c(c1C(C)O2)C(C)C(=O)C(C)(C)N3C. The average molecular weight is 349 g/mol. The highest BCUT2D eigenvalue weighted by Gasteiger charge is 2.44. The van der Waals surface area contributed by atoms with Crippen LogP contribution in [0.1, 0.15) is 62.0 Å². The molecule has 3 heteroatoms. The van der Waals surface area contributed by atoms with Crippen molar-refractivity contribution in [3.05, 3.63) is 46.5 Å². The van der Waals surface area contributed by atoms with Crippen molar-refractivity contribution in [2.24, 2.45) is 0 Å². The van der Waals surface area contributed by atoms with E-state index >= 15 is 0 Å². The molecule has 2 aromatic carbocycles. The molecule has 136 valence electrons. The van der Waals surface area contributed by atoms with Gasteiger partial charge in [-0.3, -0.25) is 4.79 Å². The number of nitrogens with zero attached hydrogens (tertiary/aromatic N) is 1. The summed E-state index contributed by atoms with van der Waals surface area (Å²) in [5.74, 6) is 1.07. The first-order valence-electron chi connectivity index (χ1n) is 9.37. The lowest BCUT2D eigenvalue weighted by atomic mass is 9.74. The maximum Gasteiger partial charge on any atom is 0.164 e. The molecule has 0 radical (unpaired) electrons. The Morgan fingerprint density at radius 2 is 1.65 bits per heavy atom. The molecule has 0 saturated heterocycles. The smallest absolute Gasteiger partial charge is 0.164 e. The van der Waals surface area contributed by atoms with Crippen LogP contribution < -0.4 is 9.64 Å². The van der Waals surface area contributed by atoms with Gasteiger partial charge in [0.2, 0.25) is 0 Å². The molecule has 0 bridgehead atoms. The van der Waals surface area contributed by atoms with E-state index in [0.29, 0.717) is 0 Å². The fourth-order valence-electron chi connectivity index (χ4n) is 4.52. The van der Waals surface area contributed by atoms with Crippen molar-refractivity contribution in [1.29, 1.82) is 0 Å². The molecule has 2 aromatic rings. The van der Waals surface area contributed by atoms with Crippen LogP contribution in [0.4, 0.5) is 5.69 Å². The lowest BCUT2D eigenvalue weighted by Crippen LogP contribution is -2.53. The number of hydrogen-bond donors (Lipinski definition) is 0. The molecule has 0 fully saturated rings. The first-order valence-corrected chi connectivity index (χ1v) is 9.37. The van der Waals surface area contributed by atoms with Gasteiger partial charge in [0.15, 0.2) is 5.78 Å². The minimum atomic E-state index is -0.495. The Hall–Kier alpha value is -2.29. The summed E-state index contributed by atoms with van der Waals surface area (Å²) in [5.41, 5.74) is 7.78. The number of hydrogen-bond acceptors (Lipinski definition) is 3. The van der Waals surface area contributed by atoms with Crippen LogP contribution in [0.2, 0.25) is 0 Å². The predicted octanol–water partition coefficient (Wildman–Crippen LogP) is 5.32. The lowest BCUT2D eigenvalue weighted by Gasteiger charge is -2.45. The van der Waals surface area contributed by atoms with Crippen LogP contribution in [0.5, 0.6) is 5.75 Å². The van der Waals surface area contributed by atoms with Crippen molar-refractivity contribution in [2.75, 3.05) is 11.9 Å². The molecule has 0 N–H and O–H groups in total. The van der Waals surface area contributed by atoms with Gasteiger partial charge in [-0.05, 0) is 75.1 Å². The normalized spacial score (nSPS) is 23.0. The number of ketones is 1. The highest BCUT2D eigenvalue weighted by atomic mass is 16.5. The van der Waals surface area contributed by atoms with Gasteiger partial charge in [-0.1, -0.05) is 13.0 Å². The van der Waals surface area contributed by atoms with Gasteiger partial charge < -0.3 is 9.64 Å². The van der Waals surface area contributed by atoms with Crippen molar-refractivity contribution in [2.45, 2.75) is 59.1 Å². The second-order valence-corrected chi connectivity index (χ2v) is 8.36. The number of carbonyl (C=O) groups is 1. The van der Waals surface area contributed by atoms with E-state index in [1.54, 1.807) is 0 Å². The quantitative estimate of drug-likeness (QED) is 0.644. The van der Waals surface area contributed by atoms with E-state index in [1.165, 1.54) is 22.3 Å². The van der Waals surface area contributed by atoms with Gasteiger partial charge in [0.05, 0.1) is 5.54 Å². The number of fused-ring (bicyclic) bond motifs is 5. The monoisotopic (exact) mass is 349 g/mol. The van der Waals surface area contributed by atoms with Crippen LogP contribution in [0, 0.1) is 13.8 Å². The van der Waals surface area contributed by atoms with Crippen LogP contribution in [-0.4, -0.2) is 18.4 Å². The number of Topliss-reactive ketones (excluding diaryl/α,β-unsaturated/α-hetero) is 1. The number of likely N-dealkylation sites (N-methyl/N-ethyl adjacent to an activating group) is 1. The zero-order valence-electron chi connectivity index (χ0n) is 16.7. The highest BCUT2D eigenvalue weighted by molar-refractivity contribution is 6.01. The molecule has 3 nitrogen and oxygen atoms in total. The Balaban J connectivity index is 2.02. The highest BCUT2D eigenvalue weighted by Crippen LogP contribution is 2.51. The summed E-state index contributed by atoms with van der Waals surface area (Å²) in [6, 6.07) is 8.73. The average Bonchev–Trinajstić information content (AvgIpc) is 2.59. The van der Waals surface area contributed by atoms with E-state index in [1.807, 2.05) is 27.8 Å². The van der Waals surface area contributed by atoms with E-state index in [2.05, 4.69) is 49.9 Å². The maximum atomic E-state index is 13.1. The van der Waals surface area contributed by atoms with E-state index in [-0.39, 0.29) is 17.8 Å². The van der Waals surface area contributed by atoms with Crippen LogP contribution in [-0.2, 0) is 4.79 Å². The molecule has 0 aromatic heterocycles. The molecule has 2 atom stereocenters. The lowest BCUT2D eigenvalue weighted by molar-refractivity contribution is -0.124. The summed E-state index contributed by atoms with van der Waals surface area (Å²) in [7, 11) is 2.02. The van der Waals surface area contributed by atoms with E-state index in [0.717, 1.165) is 22.6 Å². The Labute approximate surface area is 156 Å². The Kier molecular flexibility index (Phi) is 3.53. The molecular formula is C23H27NO2. The van der Waals surface area contributed by atoms with Gasteiger partial charge in [0, 0.05) is 29.8 Å². The molecule has 0 spiro atoms. The molecule has 0 saturated carbocycles. The van der Waals surface area contributed by atoms with E-state index < -0.39 is 5.54 Å². The van der Waals surface area contributed by atoms with Crippen molar-refractivity contribution in [3.63, 3.8) is 0 Å². The van der Waals surface area contributed by atoms with Crippen LogP contribution >= 0.6 is 0 Å². The topological polar surface area (TPSA) is 29.5 Å². The van der Waals surface area contributed by atoms with Crippen molar-refractivity contribution in [3.8, 4) is 16.9 Å². The van der Waals surface area contributed by atoms with Gasteiger partial charge in [0.25, 0.3) is 0 Å². The molecule has 2 aliphatic heterocycles. The zero-order chi connectivity index (χ0) is 19.0. The third-order valence-electron chi connectivity index (χ3n) is 6.49. The van der Waals surface area contributed by atoms with Crippen molar-refractivity contribution >= 4 is 11.5 Å². The summed E-state index contributed by atoms with van der Waals surface area (Å²) in [5, 5.41) is 0. The Bertz CT molecular complexity index is 942. The van der Waals surface area contributed by atoms with Gasteiger partial charge in [-0.2, -0.15) is 0 Å². The molecule has 0 amide bonds. The third kappa shape index (κ3) is 2.09. The maximum absolute atomic E-state index is 13.1. The first kappa shape index (κ1) is 17.1. The van der Waals surface area contributed by atoms with E-state index in [9.17, 15) is 4.79 Å². The molecular weight excluding hydrogens is 322 g/mol. The fraction of sp³-hybridized carbons (Fsp3) is 0.435. The Morgan fingerprint density at radius 3 is 2.35 bits per heavy atom. The second-order valence-electron chi connectivity index (χ2n) is 8.36. The van der Waals surface area contributed by atoms with Crippen molar-refractivity contribution < 1.29 is 9.53 Å². The van der Waals surface area contributed by atoms with Gasteiger partial charge in [-0.25, -0.2) is 0 Å². The summed E-state index contributed by atoms with van der Waals surface area (Å²) < 4.78 is 6.30. The first-order chi connectivity index (χ1) is 12.1. The molecule has 26 heavy (non-hydrogen) atoms. The second kappa shape index (κ2) is 5.35. The Morgan fingerprint density at radius 1 is 1.00 bits per heavy atom. The van der Waals surface area contributed by atoms with Gasteiger partial charge in [-0.15, -0.1) is 0 Å². The summed E-state index contributed by atoms with van der Waals surface area (Å²) in [6.45, 7) is 12.4. The molecule has 4 rings (SSSR count). The summed E-state index contributed by atoms with van der Waals surface area (Å²) in [6.07, 6.45) is -0.0700. The fourth-order valence-corrected chi connectivity index (χ4v) is 4.52. The van der Waals surface area contributed by atoms with Gasteiger partial charge in [0.1, 0.15) is 11.9 Å². The predicted molar refractivity (Wildman–Crippen MR) is 106 cm³/mol. The molecule has 2 heterocycles. The van der Waals surface area contributed by atoms with Crippen LogP contribution in [0.15, 0.2) is 24.3 Å². The number of rotatable bonds is 0. The van der Waals surface area contributed by atoms with Crippen LogP contribution in [0.25, 0.3) is 11.1 Å². The standard InChI is InChI=1S/C23H27NO2/c1-12-10-17-16-8-9-18-20(14(3)22(25)23(5,6)24(18)7)21(16)15(4)26-19(17)11-13(12)2/h8-11,14-15H,1-7H3. The number of carbonyl (C=O) groups excluding carboxylic acids is 1. The number of benzene rings is 2. The van der Waals surface area contributed by atoms with Gasteiger partial charge >= 0.3 is 0 Å².